The van der Waals surface area contributed by atoms with Gasteiger partial charge in [-0.15, -0.1) is 0 Å². The molecule has 0 amide bonds. The van der Waals surface area contributed by atoms with Crippen LogP contribution in [-0.4, -0.2) is 70.7 Å². The van der Waals surface area contributed by atoms with Crippen molar-refractivity contribution in [3.63, 3.8) is 0 Å². The smallest absolute Gasteiger partial charge is 0.343 e. The van der Waals surface area contributed by atoms with E-state index in [2.05, 4.69) is 18.2 Å². The molecule has 13 heteroatoms. The molecule has 0 aliphatic heterocycles. The SMILES string of the molecule is C=CC(=O)OCCCCCCOc1ccc(C(=O)Oc2ccc(/N=C/c3cc(OC)c(OC(=O)c4ccc(OCCCCCCOC(=O)C=C)cc4)c(OC)c3)cc2)cc1. The van der Waals surface area contributed by atoms with E-state index in [0.717, 1.165) is 63.5 Å². The number of rotatable bonds is 26. The first-order valence-corrected chi connectivity index (χ1v) is 19.6. The number of benzene rings is 4. The van der Waals surface area contributed by atoms with Crippen molar-refractivity contribution in [2.45, 2.75) is 51.4 Å². The molecule has 316 valence electrons. The summed E-state index contributed by atoms with van der Waals surface area (Å²) in [5.74, 6) is 0.329. The molecular weight excluding hydrogens is 771 g/mol. The molecule has 0 atom stereocenters. The maximum Gasteiger partial charge on any atom is 0.343 e. The first kappa shape index (κ1) is 45.8. The summed E-state index contributed by atoms with van der Waals surface area (Å²) < 4.78 is 43.9. The minimum atomic E-state index is -0.606. The Bertz CT molecular complexity index is 2020. The van der Waals surface area contributed by atoms with Crippen LogP contribution < -0.4 is 28.4 Å². The van der Waals surface area contributed by atoms with Crippen LogP contribution in [0.15, 0.2) is 115 Å². The van der Waals surface area contributed by atoms with Gasteiger partial charge in [0, 0.05) is 23.9 Å². The lowest BCUT2D eigenvalue weighted by atomic mass is 10.2. The van der Waals surface area contributed by atoms with Gasteiger partial charge >= 0.3 is 23.9 Å². The van der Waals surface area contributed by atoms with Gasteiger partial charge in [0.15, 0.2) is 11.5 Å². The van der Waals surface area contributed by atoms with Crippen molar-refractivity contribution < 1.29 is 57.1 Å². The van der Waals surface area contributed by atoms with Gasteiger partial charge in [-0.3, -0.25) is 4.99 Å². The normalized spacial score (nSPS) is 10.6. The van der Waals surface area contributed by atoms with Crippen molar-refractivity contribution in [2.75, 3.05) is 40.6 Å². The predicted molar refractivity (Wildman–Crippen MR) is 226 cm³/mol. The molecule has 0 spiro atoms. The van der Waals surface area contributed by atoms with Crippen LogP contribution in [0.4, 0.5) is 5.69 Å². The molecule has 0 unspecified atom stereocenters. The maximum absolute atomic E-state index is 13.1. The number of ether oxygens (including phenoxy) is 8. The van der Waals surface area contributed by atoms with Gasteiger partial charge in [-0.2, -0.15) is 0 Å². The highest BCUT2D eigenvalue weighted by molar-refractivity contribution is 5.93. The van der Waals surface area contributed by atoms with E-state index in [-0.39, 0.29) is 17.2 Å². The van der Waals surface area contributed by atoms with Crippen molar-refractivity contribution in [1.82, 2.24) is 0 Å². The second kappa shape index (κ2) is 25.5. The highest BCUT2D eigenvalue weighted by Gasteiger charge is 2.19. The van der Waals surface area contributed by atoms with Crippen LogP contribution in [0.3, 0.4) is 0 Å². The molecule has 0 aromatic heterocycles. The monoisotopic (exact) mass is 821 g/mol. The van der Waals surface area contributed by atoms with Gasteiger partial charge in [0.1, 0.15) is 17.2 Å². The molecule has 0 N–H and O–H groups in total. The standard InChI is InChI=1S/C47H51NO12/c1-5-43(49)57-29-13-9-7-11-27-55-38-21-15-35(16-22-38)46(51)59-40-25-19-37(20-26-40)48-33-34-31-41(53-3)45(42(32-34)54-4)60-47(52)36-17-23-39(24-18-36)56-28-12-8-10-14-30-58-44(50)6-2/h5-6,15-26,31-33H,1-2,7-14,27-30H2,3-4H3/b48-33+. The van der Waals surface area contributed by atoms with Crippen molar-refractivity contribution in [3.05, 3.63) is 127 Å². The maximum atomic E-state index is 13.1. The molecule has 13 nitrogen and oxygen atoms in total. The van der Waals surface area contributed by atoms with Crippen LogP contribution in [0.5, 0.6) is 34.5 Å². The van der Waals surface area contributed by atoms with Gasteiger partial charge in [0.25, 0.3) is 0 Å². The molecule has 0 saturated heterocycles. The molecular formula is C47H51NO12. The first-order valence-electron chi connectivity index (χ1n) is 19.6. The summed E-state index contributed by atoms with van der Waals surface area (Å²) in [5, 5.41) is 0. The van der Waals surface area contributed by atoms with Gasteiger partial charge in [-0.05, 0) is 136 Å². The van der Waals surface area contributed by atoms with Crippen LogP contribution in [0.25, 0.3) is 0 Å². The first-order chi connectivity index (χ1) is 29.2. The minimum absolute atomic E-state index is 0.115. The number of carbonyl (C=O) groups is 4. The third kappa shape index (κ3) is 15.8. The van der Waals surface area contributed by atoms with Crippen LogP contribution in [0.1, 0.15) is 77.6 Å². The van der Waals surface area contributed by atoms with E-state index >= 15 is 0 Å². The third-order valence-corrected chi connectivity index (χ3v) is 8.70. The Kier molecular flexibility index (Phi) is 19.4. The topological polar surface area (TPSA) is 154 Å². The highest BCUT2D eigenvalue weighted by atomic mass is 16.6. The fourth-order valence-corrected chi connectivity index (χ4v) is 5.48. The fraction of sp³-hybridized carbons (Fsp3) is 0.298. The lowest BCUT2D eigenvalue weighted by molar-refractivity contribution is -0.138. The molecule has 0 saturated carbocycles. The number of nitrogens with zero attached hydrogens (tertiary/aromatic N) is 1. The second-order valence-corrected chi connectivity index (χ2v) is 13.1. The lowest BCUT2D eigenvalue weighted by Gasteiger charge is -2.14. The number of carbonyl (C=O) groups excluding carboxylic acids is 4. The van der Waals surface area contributed by atoms with Gasteiger partial charge in [-0.25, -0.2) is 19.2 Å². The summed E-state index contributed by atoms with van der Waals surface area (Å²) in [6.45, 7) is 8.54. The van der Waals surface area contributed by atoms with Crippen LogP contribution in [-0.2, 0) is 19.1 Å². The van der Waals surface area contributed by atoms with Crippen molar-refractivity contribution in [3.8, 4) is 34.5 Å². The van der Waals surface area contributed by atoms with E-state index in [1.807, 2.05) is 0 Å². The molecule has 0 aliphatic carbocycles. The van der Waals surface area contributed by atoms with E-state index in [9.17, 15) is 19.2 Å². The van der Waals surface area contributed by atoms with Crippen LogP contribution >= 0.6 is 0 Å². The molecule has 0 bridgehead atoms. The lowest BCUT2D eigenvalue weighted by Crippen LogP contribution is -2.10. The largest absolute Gasteiger partial charge is 0.494 e. The van der Waals surface area contributed by atoms with Gasteiger partial charge < -0.3 is 37.9 Å². The third-order valence-electron chi connectivity index (χ3n) is 8.70. The zero-order valence-electron chi connectivity index (χ0n) is 34.1. The van der Waals surface area contributed by atoms with Crippen LogP contribution in [0.2, 0.25) is 0 Å². The average Bonchev–Trinajstić information content (AvgIpc) is 3.28. The Morgan fingerprint density at radius 3 is 1.38 bits per heavy atom. The number of methoxy groups -OCH3 is 2. The molecule has 0 heterocycles. The summed E-state index contributed by atoms with van der Waals surface area (Å²) >= 11 is 0. The summed E-state index contributed by atoms with van der Waals surface area (Å²) in [6.07, 6.45) is 10.9. The van der Waals surface area contributed by atoms with E-state index < -0.39 is 23.9 Å². The zero-order valence-corrected chi connectivity index (χ0v) is 34.1. The molecule has 60 heavy (non-hydrogen) atoms. The minimum Gasteiger partial charge on any atom is -0.494 e. The van der Waals surface area contributed by atoms with E-state index in [1.165, 1.54) is 14.2 Å². The molecule has 4 rings (SSSR count). The summed E-state index contributed by atoms with van der Waals surface area (Å²) in [6, 6.07) is 23.4. The summed E-state index contributed by atoms with van der Waals surface area (Å²) in [4.78, 5) is 52.5. The van der Waals surface area contributed by atoms with Crippen molar-refractivity contribution >= 4 is 35.8 Å². The quantitative estimate of drug-likeness (QED) is 0.0195. The molecule has 4 aromatic rings. The Balaban J connectivity index is 1.22. The summed E-state index contributed by atoms with van der Waals surface area (Å²) in [7, 11) is 2.92. The highest BCUT2D eigenvalue weighted by Crippen LogP contribution is 2.39. The Labute approximate surface area is 350 Å². The summed E-state index contributed by atoms with van der Waals surface area (Å²) in [5.41, 5.74) is 1.90. The van der Waals surface area contributed by atoms with Gasteiger partial charge in [0.05, 0.1) is 57.5 Å². The number of hydrogen-bond donors (Lipinski definition) is 0. The second-order valence-electron chi connectivity index (χ2n) is 13.1. The number of esters is 4. The zero-order chi connectivity index (χ0) is 43.0. The molecule has 0 radical (unpaired) electrons. The van der Waals surface area contributed by atoms with Crippen molar-refractivity contribution in [2.24, 2.45) is 4.99 Å². The van der Waals surface area contributed by atoms with E-state index in [4.69, 9.17) is 37.9 Å². The van der Waals surface area contributed by atoms with E-state index in [0.29, 0.717) is 66.1 Å². The Hall–Kier alpha value is -6.89. The van der Waals surface area contributed by atoms with Gasteiger partial charge in [-0.1, -0.05) is 13.2 Å². The molecule has 4 aromatic carbocycles. The molecule has 0 aliphatic rings. The average molecular weight is 822 g/mol. The number of hydrogen-bond acceptors (Lipinski definition) is 13. The van der Waals surface area contributed by atoms with Gasteiger partial charge in [0.2, 0.25) is 5.75 Å². The number of aliphatic imine (C=N–C) groups is 1. The Morgan fingerprint density at radius 1 is 0.533 bits per heavy atom. The van der Waals surface area contributed by atoms with Crippen molar-refractivity contribution in [1.29, 1.82) is 0 Å². The Morgan fingerprint density at radius 2 is 0.950 bits per heavy atom. The fourth-order valence-electron chi connectivity index (χ4n) is 5.48. The predicted octanol–water partition coefficient (Wildman–Crippen LogP) is 9.23. The number of unbranched alkanes of at least 4 members (excludes halogenated alkanes) is 6. The van der Waals surface area contributed by atoms with E-state index in [1.54, 1.807) is 91.1 Å². The van der Waals surface area contributed by atoms with Crippen LogP contribution in [0, 0.1) is 0 Å². The molecule has 0 fully saturated rings.